The molecule has 3 N–H and O–H groups in total. The summed E-state index contributed by atoms with van der Waals surface area (Å²) >= 11 is 0. The van der Waals surface area contributed by atoms with Crippen molar-refractivity contribution < 1.29 is 14.2 Å². The lowest BCUT2D eigenvalue weighted by molar-refractivity contribution is 0.449. The van der Waals surface area contributed by atoms with Crippen molar-refractivity contribution in [2.24, 2.45) is 0 Å². The summed E-state index contributed by atoms with van der Waals surface area (Å²) in [6.45, 7) is 1.94. The minimum absolute atomic E-state index is 0.125. The monoisotopic (exact) mass is 478 g/mol. The predicted octanol–water partition coefficient (Wildman–Crippen LogP) is 6.02. The zero-order valence-electron chi connectivity index (χ0n) is 19.0. The Morgan fingerprint density at radius 2 is 1.58 bits per heavy atom. The number of halogens is 1. The van der Waals surface area contributed by atoms with E-state index in [9.17, 15) is 5.11 Å². The van der Waals surface area contributed by atoms with Crippen LogP contribution in [0.25, 0.3) is 44.7 Å². The number of para-hydroxylation sites is 1. The first-order chi connectivity index (χ1) is 17.6. The Balaban J connectivity index is 1.38. The molecule has 0 atom stereocenters. The van der Waals surface area contributed by atoms with Gasteiger partial charge in [0.1, 0.15) is 17.3 Å². The van der Waals surface area contributed by atoms with Crippen LogP contribution in [0.4, 0.5) is 4.39 Å². The Bertz CT molecular complexity index is 1710. The summed E-state index contributed by atoms with van der Waals surface area (Å²) in [7, 11) is 0. The molecule has 9 heteroatoms. The molecule has 0 spiro atoms. The predicted molar refractivity (Wildman–Crippen MR) is 133 cm³/mol. The van der Waals surface area contributed by atoms with Crippen LogP contribution in [-0.4, -0.2) is 35.7 Å². The normalized spacial score (nSPS) is 11.2. The van der Waals surface area contributed by atoms with Crippen molar-refractivity contribution in [3.8, 4) is 51.2 Å². The molecule has 0 aliphatic heterocycles. The van der Waals surface area contributed by atoms with Gasteiger partial charge in [-0.05, 0) is 53.1 Å². The minimum Gasteiger partial charge on any atom is -0.507 e. The Hall–Kier alpha value is -5.05. The number of phenolic OH excluding ortho intramolecular Hbond substituents is 1. The van der Waals surface area contributed by atoms with E-state index in [1.165, 1.54) is 6.07 Å². The van der Waals surface area contributed by atoms with Gasteiger partial charge in [0, 0.05) is 22.8 Å². The molecule has 36 heavy (non-hydrogen) atoms. The van der Waals surface area contributed by atoms with Crippen LogP contribution in [-0.2, 0) is 0 Å². The number of tetrazole rings is 1. The van der Waals surface area contributed by atoms with Gasteiger partial charge in [0.15, 0.2) is 0 Å². The molecule has 4 aromatic carbocycles. The van der Waals surface area contributed by atoms with Gasteiger partial charge in [-0.15, -0.1) is 10.2 Å². The fourth-order valence-corrected chi connectivity index (χ4v) is 4.21. The van der Waals surface area contributed by atoms with Crippen molar-refractivity contribution in [1.82, 2.24) is 30.6 Å². The van der Waals surface area contributed by atoms with Gasteiger partial charge in [0.05, 0.1) is 11.0 Å². The molecule has 0 amide bonds. The highest BCUT2D eigenvalue weighted by atomic mass is 19.1. The summed E-state index contributed by atoms with van der Waals surface area (Å²) in [5.74, 6) is 0.679. The van der Waals surface area contributed by atoms with Crippen LogP contribution in [0.2, 0.25) is 0 Å². The maximum Gasteiger partial charge on any atom is 0.300 e. The highest BCUT2D eigenvalue weighted by Gasteiger charge is 2.17. The number of benzene rings is 4. The number of ether oxygens (including phenoxy) is 1. The van der Waals surface area contributed by atoms with Crippen molar-refractivity contribution in [3.05, 3.63) is 90.2 Å². The van der Waals surface area contributed by atoms with E-state index in [-0.39, 0.29) is 11.8 Å². The molecule has 0 saturated carbocycles. The van der Waals surface area contributed by atoms with Crippen LogP contribution in [0.1, 0.15) is 5.56 Å². The summed E-state index contributed by atoms with van der Waals surface area (Å²) in [5, 5.41) is 24.5. The molecule has 0 bridgehead atoms. The molecule has 2 aromatic heterocycles. The Morgan fingerprint density at radius 3 is 2.33 bits per heavy atom. The third kappa shape index (κ3) is 3.82. The molecular weight excluding hydrogens is 459 g/mol. The number of imidazole rings is 1. The second kappa shape index (κ2) is 8.62. The number of aromatic hydroxyl groups is 1. The SMILES string of the molecule is Cc1ccc(Oc2nc3cc(-c4ccccc4-c4ccccc4O)c(F)cc3[nH]2)cc1-c1nn[nH]n1. The summed E-state index contributed by atoms with van der Waals surface area (Å²) in [6, 6.07) is 23.1. The van der Waals surface area contributed by atoms with Crippen molar-refractivity contribution in [2.45, 2.75) is 6.92 Å². The Morgan fingerprint density at radius 1 is 0.833 bits per heavy atom. The lowest BCUT2D eigenvalue weighted by Gasteiger charge is -2.12. The van der Waals surface area contributed by atoms with Gasteiger partial charge in [-0.1, -0.05) is 48.5 Å². The molecule has 176 valence electrons. The number of phenols is 1. The fourth-order valence-electron chi connectivity index (χ4n) is 4.21. The summed E-state index contributed by atoms with van der Waals surface area (Å²) in [6.07, 6.45) is 0. The van der Waals surface area contributed by atoms with E-state index in [0.717, 1.165) is 16.7 Å². The van der Waals surface area contributed by atoms with E-state index in [1.54, 1.807) is 36.4 Å². The van der Waals surface area contributed by atoms with Gasteiger partial charge in [-0.2, -0.15) is 10.2 Å². The molecule has 0 fully saturated rings. The van der Waals surface area contributed by atoms with E-state index in [2.05, 4.69) is 30.6 Å². The van der Waals surface area contributed by atoms with E-state index in [4.69, 9.17) is 4.74 Å². The second-order valence-corrected chi connectivity index (χ2v) is 8.27. The number of nitrogens with zero attached hydrogens (tertiary/aromatic N) is 4. The average molecular weight is 478 g/mol. The number of fused-ring (bicyclic) bond motifs is 1. The largest absolute Gasteiger partial charge is 0.507 e. The van der Waals surface area contributed by atoms with E-state index >= 15 is 4.39 Å². The third-order valence-electron chi connectivity index (χ3n) is 5.97. The van der Waals surface area contributed by atoms with Crippen LogP contribution < -0.4 is 4.74 Å². The number of rotatable bonds is 5. The highest BCUT2D eigenvalue weighted by molar-refractivity contribution is 5.90. The van der Waals surface area contributed by atoms with E-state index < -0.39 is 5.82 Å². The lowest BCUT2D eigenvalue weighted by atomic mass is 9.93. The standard InChI is InChI=1S/C27H19FN6O2/c1-15-10-11-16(12-20(15)26-31-33-34-32-26)36-27-29-23-13-21(22(28)14-24(23)30-27)18-7-3-2-6-17(18)19-8-4-5-9-25(19)35/h2-14,35H,1H3,(H,29,30)(H,31,32,33,34). The molecule has 8 nitrogen and oxygen atoms in total. The van der Waals surface area contributed by atoms with E-state index in [0.29, 0.717) is 39.3 Å². The summed E-state index contributed by atoms with van der Waals surface area (Å²) < 4.78 is 21.3. The number of hydrogen-bond donors (Lipinski definition) is 3. The fraction of sp³-hybridized carbons (Fsp3) is 0.0370. The topological polar surface area (TPSA) is 113 Å². The molecule has 2 heterocycles. The van der Waals surface area contributed by atoms with Crippen LogP contribution >= 0.6 is 0 Å². The number of aromatic nitrogens is 6. The van der Waals surface area contributed by atoms with Gasteiger partial charge in [0.25, 0.3) is 6.01 Å². The van der Waals surface area contributed by atoms with Gasteiger partial charge in [-0.25, -0.2) is 4.39 Å². The minimum atomic E-state index is -0.421. The summed E-state index contributed by atoms with van der Waals surface area (Å²) in [4.78, 5) is 7.55. The van der Waals surface area contributed by atoms with Crippen molar-refractivity contribution in [3.63, 3.8) is 0 Å². The maximum atomic E-state index is 15.3. The Labute approximate surface area is 204 Å². The average Bonchev–Trinajstić information content (AvgIpc) is 3.55. The van der Waals surface area contributed by atoms with Gasteiger partial charge < -0.3 is 14.8 Å². The van der Waals surface area contributed by atoms with Crippen LogP contribution in [0, 0.1) is 12.7 Å². The molecule has 6 rings (SSSR count). The highest BCUT2D eigenvalue weighted by Crippen LogP contribution is 2.39. The molecule has 0 saturated heterocycles. The zero-order chi connectivity index (χ0) is 24.6. The first-order valence-electron chi connectivity index (χ1n) is 11.2. The second-order valence-electron chi connectivity index (χ2n) is 8.27. The number of nitrogens with one attached hydrogen (secondary N) is 2. The third-order valence-corrected chi connectivity index (χ3v) is 5.97. The number of aromatic amines is 2. The van der Waals surface area contributed by atoms with Crippen molar-refractivity contribution in [1.29, 1.82) is 0 Å². The first-order valence-corrected chi connectivity index (χ1v) is 11.2. The molecular formula is C27H19FN6O2. The van der Waals surface area contributed by atoms with E-state index in [1.807, 2.05) is 43.3 Å². The quantitative estimate of drug-likeness (QED) is 0.279. The first kappa shape index (κ1) is 21.5. The van der Waals surface area contributed by atoms with Crippen LogP contribution in [0.15, 0.2) is 78.9 Å². The smallest absolute Gasteiger partial charge is 0.300 e. The molecule has 0 radical (unpaired) electrons. The molecule has 0 unspecified atom stereocenters. The van der Waals surface area contributed by atoms with Crippen LogP contribution in [0.3, 0.4) is 0 Å². The maximum absolute atomic E-state index is 15.3. The van der Waals surface area contributed by atoms with Gasteiger partial charge in [0.2, 0.25) is 5.82 Å². The van der Waals surface area contributed by atoms with Crippen molar-refractivity contribution >= 4 is 11.0 Å². The molecule has 6 aromatic rings. The summed E-state index contributed by atoms with van der Waals surface area (Å²) in [5.41, 5.74) is 5.12. The van der Waals surface area contributed by atoms with Crippen molar-refractivity contribution in [2.75, 3.05) is 0 Å². The number of H-pyrrole nitrogens is 2. The Kier molecular flexibility index (Phi) is 5.15. The number of hydrogen-bond acceptors (Lipinski definition) is 6. The van der Waals surface area contributed by atoms with Gasteiger partial charge >= 0.3 is 0 Å². The van der Waals surface area contributed by atoms with Gasteiger partial charge in [-0.3, -0.25) is 0 Å². The lowest BCUT2D eigenvalue weighted by Crippen LogP contribution is -1.90. The molecule has 0 aliphatic rings. The molecule has 0 aliphatic carbocycles. The zero-order valence-corrected chi connectivity index (χ0v) is 19.0. The number of aryl methyl sites for hydroxylation is 1. The van der Waals surface area contributed by atoms with Crippen LogP contribution in [0.5, 0.6) is 17.5 Å².